The van der Waals surface area contributed by atoms with Gasteiger partial charge in [-0.3, -0.25) is 4.90 Å². The summed E-state index contributed by atoms with van der Waals surface area (Å²) >= 11 is 0. The molecule has 0 unspecified atom stereocenters. The predicted molar refractivity (Wildman–Crippen MR) is 64.2 cm³/mol. The zero-order valence-electron chi connectivity index (χ0n) is 10.1. The van der Waals surface area contributed by atoms with Crippen LogP contribution in [-0.2, 0) is 4.74 Å². The van der Waals surface area contributed by atoms with E-state index in [1.165, 1.54) is 5.57 Å². The third kappa shape index (κ3) is 5.92. The molecule has 15 heavy (non-hydrogen) atoms. The second kappa shape index (κ2) is 6.99. The van der Waals surface area contributed by atoms with E-state index >= 15 is 0 Å². The van der Waals surface area contributed by atoms with Crippen molar-refractivity contribution in [1.29, 1.82) is 0 Å². The van der Waals surface area contributed by atoms with Crippen LogP contribution >= 0.6 is 0 Å². The van der Waals surface area contributed by atoms with Crippen molar-refractivity contribution in [3.8, 4) is 0 Å². The summed E-state index contributed by atoms with van der Waals surface area (Å²) in [7, 11) is 0. The highest BCUT2D eigenvalue weighted by Gasteiger charge is 2.09. The summed E-state index contributed by atoms with van der Waals surface area (Å²) in [6, 6.07) is 0.536. The Hall–Kier alpha value is -0.380. The van der Waals surface area contributed by atoms with E-state index in [1.807, 2.05) is 0 Å². The molecule has 88 valence electrons. The van der Waals surface area contributed by atoms with Gasteiger partial charge in [-0.2, -0.15) is 0 Å². The summed E-state index contributed by atoms with van der Waals surface area (Å²) < 4.78 is 5.42. The molecule has 1 saturated heterocycles. The van der Waals surface area contributed by atoms with Gasteiger partial charge in [-0.15, -0.1) is 0 Å². The molecule has 1 rings (SSSR count). The van der Waals surface area contributed by atoms with Gasteiger partial charge in [0.15, 0.2) is 0 Å². The Balaban J connectivity index is 2.17. The van der Waals surface area contributed by atoms with Crippen LogP contribution in [0.2, 0.25) is 0 Å². The minimum atomic E-state index is 0.536. The standard InChI is InChI=1S/C12H24N2O/c1-11(2)13-9-12(3)10-14-5-4-7-15-8-6-14/h11,13H,3-10H2,1-2H3. The lowest BCUT2D eigenvalue weighted by Gasteiger charge is -2.21. The number of ether oxygens (including phenoxy) is 1. The molecule has 0 bridgehead atoms. The maximum atomic E-state index is 5.42. The SMILES string of the molecule is C=C(CNC(C)C)CN1CCCOCC1. The van der Waals surface area contributed by atoms with E-state index in [0.29, 0.717) is 6.04 Å². The fraction of sp³-hybridized carbons (Fsp3) is 0.833. The van der Waals surface area contributed by atoms with Gasteiger partial charge in [0, 0.05) is 38.8 Å². The van der Waals surface area contributed by atoms with Gasteiger partial charge in [0.05, 0.1) is 6.61 Å². The molecule has 0 atom stereocenters. The highest BCUT2D eigenvalue weighted by atomic mass is 16.5. The minimum absolute atomic E-state index is 0.536. The fourth-order valence-corrected chi connectivity index (χ4v) is 1.68. The van der Waals surface area contributed by atoms with Crippen molar-refractivity contribution in [3.63, 3.8) is 0 Å². The van der Waals surface area contributed by atoms with Crippen LogP contribution in [0.5, 0.6) is 0 Å². The van der Waals surface area contributed by atoms with Gasteiger partial charge in [-0.1, -0.05) is 20.4 Å². The van der Waals surface area contributed by atoms with E-state index in [1.54, 1.807) is 0 Å². The van der Waals surface area contributed by atoms with E-state index in [2.05, 4.69) is 30.6 Å². The third-order valence-corrected chi connectivity index (χ3v) is 2.52. The maximum absolute atomic E-state index is 5.42. The highest BCUT2D eigenvalue weighted by Crippen LogP contribution is 2.02. The van der Waals surface area contributed by atoms with Crippen molar-refractivity contribution in [2.45, 2.75) is 26.3 Å². The van der Waals surface area contributed by atoms with Crippen molar-refractivity contribution >= 4 is 0 Å². The molecule has 1 aliphatic heterocycles. The summed E-state index contributed by atoms with van der Waals surface area (Å²) in [6.45, 7) is 14.3. The van der Waals surface area contributed by atoms with Gasteiger partial charge in [-0.05, 0) is 12.0 Å². The first kappa shape index (κ1) is 12.7. The number of nitrogens with zero attached hydrogens (tertiary/aromatic N) is 1. The summed E-state index contributed by atoms with van der Waals surface area (Å²) in [5.41, 5.74) is 1.27. The average molecular weight is 212 g/mol. The van der Waals surface area contributed by atoms with Crippen LogP contribution in [0.4, 0.5) is 0 Å². The number of hydrogen-bond donors (Lipinski definition) is 1. The first-order valence-electron chi connectivity index (χ1n) is 5.88. The largest absolute Gasteiger partial charge is 0.380 e. The van der Waals surface area contributed by atoms with Crippen molar-refractivity contribution in [2.75, 3.05) is 39.4 Å². The molecule has 1 heterocycles. The van der Waals surface area contributed by atoms with Crippen LogP contribution in [-0.4, -0.2) is 50.3 Å². The minimum Gasteiger partial charge on any atom is -0.380 e. The summed E-state index contributed by atoms with van der Waals surface area (Å²) in [4.78, 5) is 2.43. The molecule has 1 fully saturated rings. The molecule has 0 aromatic rings. The average Bonchev–Trinajstić information content (AvgIpc) is 2.43. The molecular formula is C12H24N2O. The maximum Gasteiger partial charge on any atom is 0.0593 e. The van der Waals surface area contributed by atoms with Gasteiger partial charge in [0.2, 0.25) is 0 Å². The van der Waals surface area contributed by atoms with E-state index in [9.17, 15) is 0 Å². The van der Waals surface area contributed by atoms with Gasteiger partial charge >= 0.3 is 0 Å². The van der Waals surface area contributed by atoms with Crippen molar-refractivity contribution < 1.29 is 4.74 Å². The molecule has 0 aromatic heterocycles. The molecule has 0 aliphatic carbocycles. The Morgan fingerprint density at radius 2 is 2.20 bits per heavy atom. The lowest BCUT2D eigenvalue weighted by Crippen LogP contribution is -2.32. The van der Waals surface area contributed by atoms with Crippen LogP contribution in [0.25, 0.3) is 0 Å². The van der Waals surface area contributed by atoms with Gasteiger partial charge in [0.25, 0.3) is 0 Å². The normalized spacial score (nSPS) is 19.1. The van der Waals surface area contributed by atoms with E-state index in [4.69, 9.17) is 4.74 Å². The second-order valence-corrected chi connectivity index (χ2v) is 4.53. The Bertz CT molecular complexity index is 184. The van der Waals surface area contributed by atoms with Crippen LogP contribution in [0.1, 0.15) is 20.3 Å². The summed E-state index contributed by atoms with van der Waals surface area (Å²) in [5.74, 6) is 0. The zero-order chi connectivity index (χ0) is 11.1. The molecule has 0 radical (unpaired) electrons. The quantitative estimate of drug-likeness (QED) is 0.694. The number of rotatable bonds is 5. The van der Waals surface area contributed by atoms with Gasteiger partial charge in [-0.25, -0.2) is 0 Å². The molecule has 0 aromatic carbocycles. The van der Waals surface area contributed by atoms with Crippen LogP contribution in [0.15, 0.2) is 12.2 Å². The number of hydrogen-bond acceptors (Lipinski definition) is 3. The fourth-order valence-electron chi connectivity index (χ4n) is 1.68. The Labute approximate surface area is 93.5 Å². The van der Waals surface area contributed by atoms with Crippen molar-refractivity contribution in [3.05, 3.63) is 12.2 Å². The monoisotopic (exact) mass is 212 g/mol. The summed E-state index contributed by atoms with van der Waals surface area (Å²) in [5, 5.41) is 3.39. The highest BCUT2D eigenvalue weighted by molar-refractivity contribution is 5.00. The molecule has 3 nitrogen and oxygen atoms in total. The number of nitrogens with one attached hydrogen (secondary N) is 1. The Morgan fingerprint density at radius 1 is 1.40 bits per heavy atom. The van der Waals surface area contributed by atoms with Crippen LogP contribution < -0.4 is 5.32 Å². The topological polar surface area (TPSA) is 24.5 Å². The lowest BCUT2D eigenvalue weighted by atomic mass is 10.2. The Kier molecular flexibility index (Phi) is 5.91. The molecule has 0 amide bonds. The molecule has 0 spiro atoms. The molecular weight excluding hydrogens is 188 g/mol. The van der Waals surface area contributed by atoms with Crippen molar-refractivity contribution in [2.24, 2.45) is 0 Å². The second-order valence-electron chi connectivity index (χ2n) is 4.53. The van der Waals surface area contributed by atoms with E-state index < -0.39 is 0 Å². The predicted octanol–water partition coefficient (Wildman–Crippen LogP) is 1.26. The smallest absolute Gasteiger partial charge is 0.0593 e. The van der Waals surface area contributed by atoms with Crippen LogP contribution in [0.3, 0.4) is 0 Å². The Morgan fingerprint density at radius 3 is 2.93 bits per heavy atom. The third-order valence-electron chi connectivity index (χ3n) is 2.52. The van der Waals surface area contributed by atoms with Gasteiger partial charge < -0.3 is 10.1 Å². The van der Waals surface area contributed by atoms with Gasteiger partial charge in [0.1, 0.15) is 0 Å². The van der Waals surface area contributed by atoms with E-state index in [-0.39, 0.29) is 0 Å². The van der Waals surface area contributed by atoms with Crippen LogP contribution in [0, 0.1) is 0 Å². The molecule has 0 saturated carbocycles. The molecule has 1 N–H and O–H groups in total. The van der Waals surface area contributed by atoms with E-state index in [0.717, 1.165) is 45.8 Å². The molecule has 1 aliphatic rings. The molecule has 3 heteroatoms. The first-order chi connectivity index (χ1) is 7.18. The zero-order valence-corrected chi connectivity index (χ0v) is 10.1. The first-order valence-corrected chi connectivity index (χ1v) is 5.88. The summed E-state index contributed by atoms with van der Waals surface area (Å²) in [6.07, 6.45) is 1.14. The lowest BCUT2D eigenvalue weighted by molar-refractivity contribution is 0.142. The van der Waals surface area contributed by atoms with Crippen molar-refractivity contribution in [1.82, 2.24) is 10.2 Å².